The summed E-state index contributed by atoms with van der Waals surface area (Å²) >= 11 is 13.8. The lowest BCUT2D eigenvalue weighted by atomic mass is 10.3. The third-order valence-electron chi connectivity index (χ3n) is 3.57. The van der Waals surface area contributed by atoms with Gasteiger partial charge in [0.05, 0.1) is 29.2 Å². The first kappa shape index (κ1) is 15.9. The molecule has 0 aliphatic carbocycles. The average molecular weight is 356 g/mol. The second kappa shape index (κ2) is 7.04. The minimum absolute atomic E-state index is 0.273. The van der Waals surface area contributed by atoms with E-state index in [9.17, 15) is 0 Å². The van der Waals surface area contributed by atoms with Crippen molar-refractivity contribution in [3.8, 4) is 0 Å². The van der Waals surface area contributed by atoms with E-state index in [0.29, 0.717) is 5.15 Å². The molecule has 1 aromatic carbocycles. The van der Waals surface area contributed by atoms with E-state index in [4.69, 9.17) is 27.9 Å². The second-order valence-electron chi connectivity index (χ2n) is 4.96. The molecule has 0 radical (unpaired) electrons. The summed E-state index contributed by atoms with van der Waals surface area (Å²) in [5.41, 5.74) is 1.04. The zero-order valence-electron chi connectivity index (χ0n) is 12.0. The van der Waals surface area contributed by atoms with E-state index in [1.165, 1.54) is 18.0 Å². The van der Waals surface area contributed by atoms with E-state index in [1.807, 2.05) is 18.2 Å². The van der Waals surface area contributed by atoms with Crippen LogP contribution in [0.15, 0.2) is 40.5 Å². The second-order valence-corrected chi connectivity index (χ2v) is 6.79. The molecule has 0 N–H and O–H groups in total. The fraction of sp³-hybridized carbons (Fsp3) is 0.333. The maximum atomic E-state index is 6.58. The molecule has 3 rings (SSSR count). The van der Waals surface area contributed by atoms with Crippen LogP contribution in [0.2, 0.25) is 10.2 Å². The van der Waals surface area contributed by atoms with E-state index >= 15 is 0 Å². The van der Waals surface area contributed by atoms with Gasteiger partial charge in [0.2, 0.25) is 0 Å². The Labute approximate surface area is 143 Å². The predicted molar refractivity (Wildman–Crippen MR) is 90.2 cm³/mol. The van der Waals surface area contributed by atoms with Gasteiger partial charge >= 0.3 is 0 Å². The van der Waals surface area contributed by atoms with E-state index in [-0.39, 0.29) is 6.10 Å². The molecule has 2 aromatic rings. The normalized spacial score (nSPS) is 18.0. The van der Waals surface area contributed by atoms with E-state index < -0.39 is 0 Å². The summed E-state index contributed by atoms with van der Waals surface area (Å²) < 4.78 is 5.42. The van der Waals surface area contributed by atoms with Crippen LogP contribution < -0.4 is 4.90 Å². The zero-order chi connectivity index (χ0) is 15.5. The van der Waals surface area contributed by atoms with Gasteiger partial charge in [0, 0.05) is 25.1 Å². The van der Waals surface area contributed by atoms with Crippen molar-refractivity contribution in [3.05, 3.63) is 40.8 Å². The van der Waals surface area contributed by atoms with Crippen LogP contribution in [0, 0.1) is 0 Å². The van der Waals surface area contributed by atoms with Gasteiger partial charge in [0.25, 0.3) is 0 Å². The number of methoxy groups -OCH3 is 1. The SMILES string of the molecule is COC1CCN(c2cccc(Sc3cnc(Cl)cn3)c2Cl)C1. The zero-order valence-corrected chi connectivity index (χ0v) is 14.3. The number of rotatable bonds is 4. The Bertz CT molecular complexity index is 654. The van der Waals surface area contributed by atoms with Gasteiger partial charge in [0.1, 0.15) is 10.2 Å². The molecule has 0 bridgehead atoms. The van der Waals surface area contributed by atoms with Crippen LogP contribution in [0.5, 0.6) is 0 Å². The van der Waals surface area contributed by atoms with Crippen molar-refractivity contribution >= 4 is 40.7 Å². The largest absolute Gasteiger partial charge is 0.380 e. The highest BCUT2D eigenvalue weighted by Crippen LogP contribution is 2.39. The number of ether oxygens (including phenoxy) is 1. The first-order valence-corrected chi connectivity index (χ1v) is 8.46. The Morgan fingerprint density at radius 3 is 2.82 bits per heavy atom. The summed E-state index contributed by atoms with van der Waals surface area (Å²) in [4.78, 5) is 11.5. The van der Waals surface area contributed by atoms with Gasteiger partial charge < -0.3 is 9.64 Å². The number of benzene rings is 1. The molecule has 1 aliphatic rings. The first-order chi connectivity index (χ1) is 10.7. The van der Waals surface area contributed by atoms with Crippen LogP contribution >= 0.6 is 35.0 Å². The average Bonchev–Trinajstić information content (AvgIpc) is 3.00. The summed E-state index contributed by atoms with van der Waals surface area (Å²) in [5, 5.41) is 1.88. The monoisotopic (exact) mass is 355 g/mol. The molecule has 22 heavy (non-hydrogen) atoms. The minimum atomic E-state index is 0.273. The van der Waals surface area contributed by atoms with Crippen molar-refractivity contribution in [1.29, 1.82) is 0 Å². The summed E-state index contributed by atoms with van der Waals surface area (Å²) in [6, 6.07) is 6.03. The third kappa shape index (κ3) is 3.49. The number of hydrogen-bond donors (Lipinski definition) is 0. The lowest BCUT2D eigenvalue weighted by Gasteiger charge is -2.21. The standard InChI is InChI=1S/C15H15Cl2N3OS/c1-21-10-5-6-20(9-10)11-3-2-4-12(15(11)17)22-14-8-18-13(16)7-19-14/h2-4,7-8,10H,5-6,9H2,1H3. The number of aromatic nitrogens is 2. The molecule has 0 saturated carbocycles. The summed E-state index contributed by atoms with van der Waals surface area (Å²) in [5.74, 6) is 0. The van der Waals surface area contributed by atoms with Crippen molar-refractivity contribution in [2.24, 2.45) is 0 Å². The Kier molecular flexibility index (Phi) is 5.08. The predicted octanol–water partition coefficient (Wildman–Crippen LogP) is 4.16. The third-order valence-corrected chi connectivity index (χ3v) is 5.26. The van der Waals surface area contributed by atoms with Crippen LogP contribution in [-0.4, -0.2) is 36.3 Å². The van der Waals surface area contributed by atoms with E-state index in [1.54, 1.807) is 13.3 Å². The molecule has 1 unspecified atom stereocenters. The molecule has 1 atom stereocenters. The summed E-state index contributed by atoms with van der Waals surface area (Å²) in [7, 11) is 1.75. The lowest BCUT2D eigenvalue weighted by molar-refractivity contribution is 0.121. The highest BCUT2D eigenvalue weighted by Gasteiger charge is 2.24. The number of hydrogen-bond acceptors (Lipinski definition) is 5. The van der Waals surface area contributed by atoms with Crippen molar-refractivity contribution in [2.75, 3.05) is 25.1 Å². The molecule has 7 heteroatoms. The molecule has 4 nitrogen and oxygen atoms in total. The van der Waals surface area contributed by atoms with Gasteiger partial charge in [-0.15, -0.1) is 0 Å². The van der Waals surface area contributed by atoms with E-state index in [0.717, 1.165) is 40.1 Å². The Hall–Kier alpha value is -1.01. The van der Waals surface area contributed by atoms with Gasteiger partial charge in [-0.05, 0) is 18.6 Å². The van der Waals surface area contributed by atoms with Crippen molar-refractivity contribution in [3.63, 3.8) is 0 Å². The smallest absolute Gasteiger partial charge is 0.147 e. The van der Waals surface area contributed by atoms with Crippen molar-refractivity contribution in [2.45, 2.75) is 22.4 Å². The van der Waals surface area contributed by atoms with Crippen LogP contribution in [0.25, 0.3) is 0 Å². The minimum Gasteiger partial charge on any atom is -0.380 e. The van der Waals surface area contributed by atoms with Crippen LogP contribution in [-0.2, 0) is 4.74 Å². The highest BCUT2D eigenvalue weighted by atomic mass is 35.5. The maximum absolute atomic E-state index is 6.58. The molecule has 1 fully saturated rings. The van der Waals surface area contributed by atoms with Gasteiger partial charge in [-0.1, -0.05) is 41.0 Å². The fourth-order valence-corrected chi connectivity index (χ4v) is 3.66. The van der Waals surface area contributed by atoms with Gasteiger partial charge in [-0.2, -0.15) is 0 Å². The molecule has 0 amide bonds. The molecule has 116 valence electrons. The summed E-state index contributed by atoms with van der Waals surface area (Å²) in [6.07, 6.45) is 4.47. The summed E-state index contributed by atoms with van der Waals surface area (Å²) in [6.45, 7) is 1.82. The Balaban J connectivity index is 1.81. The van der Waals surface area contributed by atoms with E-state index in [2.05, 4.69) is 14.9 Å². The van der Waals surface area contributed by atoms with Crippen molar-refractivity contribution in [1.82, 2.24) is 9.97 Å². The highest BCUT2D eigenvalue weighted by molar-refractivity contribution is 7.99. The molecular formula is C15H15Cl2N3OS. The Morgan fingerprint density at radius 1 is 1.27 bits per heavy atom. The van der Waals surface area contributed by atoms with Crippen LogP contribution in [0.3, 0.4) is 0 Å². The van der Waals surface area contributed by atoms with Crippen LogP contribution in [0.4, 0.5) is 5.69 Å². The topological polar surface area (TPSA) is 38.2 Å². The Morgan fingerprint density at radius 2 is 2.14 bits per heavy atom. The van der Waals surface area contributed by atoms with Crippen molar-refractivity contribution < 1.29 is 4.74 Å². The molecule has 0 spiro atoms. The lowest BCUT2D eigenvalue weighted by Crippen LogP contribution is -2.22. The molecule has 1 aromatic heterocycles. The number of nitrogens with zero attached hydrogens (tertiary/aromatic N) is 3. The molecule has 1 aliphatic heterocycles. The quantitative estimate of drug-likeness (QED) is 0.823. The molecular weight excluding hydrogens is 341 g/mol. The maximum Gasteiger partial charge on any atom is 0.147 e. The first-order valence-electron chi connectivity index (χ1n) is 6.89. The van der Waals surface area contributed by atoms with Gasteiger partial charge in [-0.25, -0.2) is 9.97 Å². The fourth-order valence-electron chi connectivity index (χ4n) is 2.43. The van der Waals surface area contributed by atoms with Gasteiger partial charge in [-0.3, -0.25) is 0 Å². The molecule has 2 heterocycles. The van der Waals surface area contributed by atoms with Crippen LogP contribution in [0.1, 0.15) is 6.42 Å². The molecule has 1 saturated heterocycles. The van der Waals surface area contributed by atoms with Gasteiger partial charge in [0.15, 0.2) is 0 Å². The number of halogens is 2. The number of anilines is 1.